The molecule has 1 aliphatic carbocycles. The zero-order valence-electron chi connectivity index (χ0n) is 20.2. The monoisotopic (exact) mass is 470 g/mol. The SMILES string of the molecule is Cc1ccc(N2CC3(CCN(Cc4ccc(-c5ccc(F)cc5)c(C5CC5)c4)CC3)OC2=O)cc1. The van der Waals surface area contributed by atoms with Crippen LogP contribution in [0.25, 0.3) is 11.1 Å². The maximum absolute atomic E-state index is 13.4. The molecule has 3 fully saturated rings. The van der Waals surface area contributed by atoms with Crippen LogP contribution in [0.4, 0.5) is 14.9 Å². The zero-order chi connectivity index (χ0) is 24.0. The summed E-state index contributed by atoms with van der Waals surface area (Å²) in [6.45, 7) is 5.39. The maximum Gasteiger partial charge on any atom is 0.415 e. The Kier molecular flexibility index (Phi) is 5.60. The minimum Gasteiger partial charge on any atom is -0.441 e. The fraction of sp³-hybridized carbons (Fsp3) is 0.367. The molecule has 0 bridgehead atoms. The molecule has 0 unspecified atom stereocenters. The second-order valence-corrected chi connectivity index (χ2v) is 10.5. The summed E-state index contributed by atoms with van der Waals surface area (Å²) in [6, 6.07) is 21.7. The van der Waals surface area contributed by atoms with Crippen molar-refractivity contribution in [1.29, 1.82) is 0 Å². The van der Waals surface area contributed by atoms with Crippen molar-refractivity contribution in [1.82, 2.24) is 4.90 Å². The molecule has 3 aliphatic rings. The van der Waals surface area contributed by atoms with Gasteiger partial charge in [-0.2, -0.15) is 0 Å². The van der Waals surface area contributed by atoms with Gasteiger partial charge in [0, 0.05) is 38.2 Å². The minimum absolute atomic E-state index is 0.198. The molecule has 1 amide bonds. The predicted octanol–water partition coefficient (Wildman–Crippen LogP) is 6.67. The Hall–Kier alpha value is -3.18. The maximum atomic E-state index is 13.4. The zero-order valence-corrected chi connectivity index (χ0v) is 20.2. The molecule has 3 aromatic carbocycles. The highest BCUT2D eigenvalue weighted by Crippen LogP contribution is 2.45. The third kappa shape index (κ3) is 4.57. The molecule has 1 spiro atoms. The summed E-state index contributed by atoms with van der Waals surface area (Å²) >= 11 is 0. The molecule has 0 atom stereocenters. The van der Waals surface area contributed by atoms with Crippen molar-refractivity contribution in [2.45, 2.75) is 50.7 Å². The van der Waals surface area contributed by atoms with Crippen LogP contribution < -0.4 is 4.90 Å². The van der Waals surface area contributed by atoms with E-state index in [1.807, 2.05) is 43.3 Å². The van der Waals surface area contributed by atoms with Crippen LogP contribution in [0.2, 0.25) is 0 Å². The summed E-state index contributed by atoms with van der Waals surface area (Å²) in [5.74, 6) is 0.418. The number of piperidine rings is 1. The number of rotatable bonds is 5. The highest BCUT2D eigenvalue weighted by molar-refractivity contribution is 5.90. The number of anilines is 1. The first-order chi connectivity index (χ1) is 17.0. The molecule has 3 aromatic rings. The van der Waals surface area contributed by atoms with Crippen LogP contribution in [0.15, 0.2) is 66.7 Å². The third-order valence-corrected chi connectivity index (χ3v) is 7.78. The van der Waals surface area contributed by atoms with Gasteiger partial charge in [0.1, 0.15) is 11.4 Å². The van der Waals surface area contributed by atoms with E-state index in [0.717, 1.165) is 43.7 Å². The van der Waals surface area contributed by atoms with Crippen LogP contribution in [0, 0.1) is 12.7 Å². The second-order valence-electron chi connectivity index (χ2n) is 10.5. The highest BCUT2D eigenvalue weighted by Gasteiger charge is 2.47. The van der Waals surface area contributed by atoms with Crippen LogP contribution in [-0.2, 0) is 11.3 Å². The molecule has 0 N–H and O–H groups in total. The molecule has 6 rings (SSSR count). The number of halogens is 1. The van der Waals surface area contributed by atoms with E-state index in [-0.39, 0.29) is 17.5 Å². The van der Waals surface area contributed by atoms with E-state index >= 15 is 0 Å². The van der Waals surface area contributed by atoms with Gasteiger partial charge in [-0.15, -0.1) is 0 Å². The summed E-state index contributed by atoms with van der Waals surface area (Å²) in [6.07, 6.45) is 3.93. The molecule has 0 aromatic heterocycles. The number of hydrogen-bond donors (Lipinski definition) is 0. The summed E-state index contributed by atoms with van der Waals surface area (Å²) in [4.78, 5) is 16.9. The van der Waals surface area contributed by atoms with Gasteiger partial charge in [0.25, 0.3) is 0 Å². The molecular formula is C30H31FN2O2. The quantitative estimate of drug-likeness (QED) is 0.417. The first-order valence-corrected chi connectivity index (χ1v) is 12.7. The van der Waals surface area contributed by atoms with E-state index in [2.05, 4.69) is 23.1 Å². The van der Waals surface area contributed by atoms with Crippen molar-refractivity contribution < 1.29 is 13.9 Å². The minimum atomic E-state index is -0.385. The van der Waals surface area contributed by atoms with Gasteiger partial charge in [0.15, 0.2) is 0 Å². The fourth-order valence-electron chi connectivity index (χ4n) is 5.52. The molecule has 0 radical (unpaired) electrons. The van der Waals surface area contributed by atoms with Gasteiger partial charge >= 0.3 is 6.09 Å². The van der Waals surface area contributed by atoms with Gasteiger partial charge in [-0.25, -0.2) is 9.18 Å². The number of carbonyl (C=O) groups is 1. The predicted molar refractivity (Wildman–Crippen MR) is 136 cm³/mol. The van der Waals surface area contributed by atoms with Crippen molar-refractivity contribution >= 4 is 11.8 Å². The van der Waals surface area contributed by atoms with Crippen molar-refractivity contribution in [2.24, 2.45) is 0 Å². The van der Waals surface area contributed by atoms with Gasteiger partial charge in [-0.3, -0.25) is 9.80 Å². The average molecular weight is 471 g/mol. The number of carbonyl (C=O) groups excluding carboxylic acids is 1. The number of hydrogen-bond acceptors (Lipinski definition) is 3. The van der Waals surface area contributed by atoms with Crippen molar-refractivity contribution in [3.8, 4) is 11.1 Å². The fourth-order valence-corrected chi connectivity index (χ4v) is 5.52. The van der Waals surface area contributed by atoms with Crippen molar-refractivity contribution in [3.05, 3.63) is 89.2 Å². The van der Waals surface area contributed by atoms with Crippen LogP contribution >= 0.6 is 0 Å². The first-order valence-electron chi connectivity index (χ1n) is 12.7. The number of aryl methyl sites for hydroxylation is 1. The van der Waals surface area contributed by atoms with E-state index in [9.17, 15) is 9.18 Å². The first kappa shape index (κ1) is 22.3. The Morgan fingerprint density at radius 1 is 0.971 bits per heavy atom. The van der Waals surface area contributed by atoms with Crippen molar-refractivity contribution in [2.75, 3.05) is 24.5 Å². The van der Waals surface area contributed by atoms with Crippen LogP contribution in [0.1, 0.15) is 48.3 Å². The standard InChI is InChI=1S/C30H31FN2O2/c1-21-2-11-26(12-3-21)33-20-30(35-29(33)34)14-16-32(17-15-30)19-22-4-13-27(28(18-22)24-5-6-24)23-7-9-25(31)10-8-23/h2-4,7-13,18,24H,5-6,14-17,19-20H2,1H3. The van der Waals surface area contributed by atoms with Gasteiger partial charge in [0.2, 0.25) is 0 Å². The molecule has 1 saturated carbocycles. The lowest BCUT2D eigenvalue weighted by Crippen LogP contribution is -2.46. The average Bonchev–Trinajstić information content (AvgIpc) is 3.66. The van der Waals surface area contributed by atoms with E-state index < -0.39 is 0 Å². The molecule has 2 aliphatic heterocycles. The number of ether oxygens (including phenoxy) is 1. The Labute approximate surface area is 206 Å². The smallest absolute Gasteiger partial charge is 0.415 e. The van der Waals surface area contributed by atoms with E-state index in [0.29, 0.717) is 12.5 Å². The number of likely N-dealkylation sites (tertiary alicyclic amines) is 1. The summed E-state index contributed by atoms with van der Waals surface area (Å²) in [7, 11) is 0. The van der Waals surface area contributed by atoms with E-state index in [4.69, 9.17) is 4.74 Å². The summed E-state index contributed by atoms with van der Waals surface area (Å²) in [5, 5.41) is 0. The second kappa shape index (κ2) is 8.80. The summed E-state index contributed by atoms with van der Waals surface area (Å²) < 4.78 is 19.4. The van der Waals surface area contributed by atoms with Gasteiger partial charge in [-0.1, -0.05) is 48.0 Å². The molecule has 2 saturated heterocycles. The summed E-state index contributed by atoms with van der Waals surface area (Å²) in [5.41, 5.74) is 6.72. The number of nitrogens with zero attached hydrogens (tertiary/aromatic N) is 2. The number of benzene rings is 3. The molecule has 4 nitrogen and oxygen atoms in total. The van der Waals surface area contributed by atoms with Gasteiger partial charge < -0.3 is 4.74 Å². The van der Waals surface area contributed by atoms with E-state index in [1.165, 1.54) is 35.1 Å². The Bertz CT molecular complexity index is 1230. The normalized spacial score (nSPS) is 19.8. The van der Waals surface area contributed by atoms with E-state index in [1.54, 1.807) is 17.0 Å². The molecule has 180 valence electrons. The molecule has 35 heavy (non-hydrogen) atoms. The van der Waals surface area contributed by atoms with Gasteiger partial charge in [0.05, 0.1) is 6.54 Å². The Morgan fingerprint density at radius 2 is 1.69 bits per heavy atom. The highest BCUT2D eigenvalue weighted by atomic mass is 19.1. The lowest BCUT2D eigenvalue weighted by molar-refractivity contribution is -0.000974. The number of amides is 1. The van der Waals surface area contributed by atoms with Crippen LogP contribution in [0.3, 0.4) is 0 Å². The Morgan fingerprint density at radius 3 is 2.37 bits per heavy atom. The molecule has 5 heteroatoms. The largest absolute Gasteiger partial charge is 0.441 e. The van der Waals surface area contributed by atoms with Crippen LogP contribution in [0.5, 0.6) is 0 Å². The topological polar surface area (TPSA) is 32.8 Å². The van der Waals surface area contributed by atoms with Crippen LogP contribution in [-0.4, -0.2) is 36.2 Å². The Balaban J connectivity index is 1.12. The van der Waals surface area contributed by atoms with Crippen molar-refractivity contribution in [3.63, 3.8) is 0 Å². The molecular weight excluding hydrogens is 439 g/mol. The van der Waals surface area contributed by atoms with Gasteiger partial charge in [-0.05, 0) is 72.2 Å². The molecule has 2 heterocycles. The lowest BCUT2D eigenvalue weighted by atomic mass is 9.90. The lowest BCUT2D eigenvalue weighted by Gasteiger charge is -2.37. The third-order valence-electron chi connectivity index (χ3n) is 7.78.